The molecule has 0 unspecified atom stereocenters. The first-order valence-corrected chi connectivity index (χ1v) is 11.1. The second-order valence-corrected chi connectivity index (χ2v) is 9.68. The summed E-state index contributed by atoms with van der Waals surface area (Å²) in [4.78, 5) is 0.442. The lowest BCUT2D eigenvalue weighted by Crippen LogP contribution is -2.36. The molecule has 0 radical (unpaired) electrons. The predicted molar refractivity (Wildman–Crippen MR) is 107 cm³/mol. The Balaban J connectivity index is 1.59. The molecule has 2 aromatic rings. The number of rotatable bonds is 2. The van der Waals surface area contributed by atoms with Gasteiger partial charge in [0.05, 0.1) is 17.2 Å². The summed E-state index contributed by atoms with van der Waals surface area (Å²) in [5.74, 6) is 0.747. The smallest absolute Gasteiger partial charge is 0.260 e. The molecular weight excluding hydrogens is 358 g/mol. The van der Waals surface area contributed by atoms with E-state index >= 15 is 0 Å². The van der Waals surface area contributed by atoms with Crippen LogP contribution in [0.15, 0.2) is 53.4 Å². The molecule has 0 N–H and O–H groups in total. The first-order valence-electron chi connectivity index (χ1n) is 9.65. The van der Waals surface area contributed by atoms with E-state index in [0.717, 1.165) is 29.8 Å². The number of fused-ring (bicyclic) bond motifs is 3. The second-order valence-electron chi connectivity index (χ2n) is 7.76. The lowest BCUT2D eigenvalue weighted by molar-refractivity contribution is 0.325. The van der Waals surface area contributed by atoms with Gasteiger partial charge in [0.2, 0.25) is 0 Å². The van der Waals surface area contributed by atoms with E-state index in [1.165, 1.54) is 18.4 Å². The predicted octanol–water partition coefficient (Wildman–Crippen LogP) is 4.47. The van der Waals surface area contributed by atoms with Crippen molar-refractivity contribution in [3.8, 4) is 5.75 Å². The molecule has 0 atom stereocenters. The van der Waals surface area contributed by atoms with E-state index in [0.29, 0.717) is 24.5 Å². The summed E-state index contributed by atoms with van der Waals surface area (Å²) in [6.07, 6.45) is 6.67. The standard InChI is InChI=1S/C22H23NO3S/c24-27(25,18-11-14-26-21-10-4-1-7-17(21)15-18)23-16-22(12-5-6-13-22)19-8-2-3-9-20(19)23/h1-4,7-10,15H,5-6,11-14,16H2. The molecule has 4 nitrogen and oxygen atoms in total. The number of benzene rings is 2. The maximum Gasteiger partial charge on any atom is 0.260 e. The molecule has 1 fully saturated rings. The highest BCUT2D eigenvalue weighted by atomic mass is 32.2. The zero-order valence-electron chi connectivity index (χ0n) is 15.2. The third-order valence-corrected chi connectivity index (χ3v) is 8.10. The van der Waals surface area contributed by atoms with E-state index < -0.39 is 10.0 Å². The number of hydrogen-bond donors (Lipinski definition) is 0. The highest BCUT2D eigenvalue weighted by Crippen LogP contribution is 2.51. The first kappa shape index (κ1) is 16.9. The van der Waals surface area contributed by atoms with Gasteiger partial charge in [-0.3, -0.25) is 4.31 Å². The summed E-state index contributed by atoms with van der Waals surface area (Å²) in [5, 5.41) is 0. The van der Waals surface area contributed by atoms with E-state index in [4.69, 9.17) is 4.74 Å². The molecule has 5 heteroatoms. The van der Waals surface area contributed by atoms with Crippen molar-refractivity contribution in [2.75, 3.05) is 17.5 Å². The van der Waals surface area contributed by atoms with Crippen molar-refractivity contribution in [1.82, 2.24) is 0 Å². The molecule has 1 aliphatic carbocycles. The van der Waals surface area contributed by atoms with Gasteiger partial charge in [-0.05, 0) is 36.6 Å². The molecule has 3 aliphatic rings. The van der Waals surface area contributed by atoms with Gasteiger partial charge in [-0.1, -0.05) is 49.2 Å². The molecule has 5 rings (SSSR count). The fraction of sp³-hybridized carbons (Fsp3) is 0.364. The van der Waals surface area contributed by atoms with Crippen LogP contribution >= 0.6 is 0 Å². The Labute approximate surface area is 160 Å². The van der Waals surface area contributed by atoms with Crippen LogP contribution in [0.25, 0.3) is 6.08 Å². The van der Waals surface area contributed by atoms with Crippen molar-refractivity contribution in [2.45, 2.75) is 37.5 Å². The van der Waals surface area contributed by atoms with Gasteiger partial charge >= 0.3 is 0 Å². The minimum atomic E-state index is -3.59. The van der Waals surface area contributed by atoms with Crippen molar-refractivity contribution in [1.29, 1.82) is 0 Å². The lowest BCUT2D eigenvalue weighted by atomic mass is 9.81. The van der Waals surface area contributed by atoms with Crippen LogP contribution in [0.1, 0.15) is 43.2 Å². The molecule has 2 aromatic carbocycles. The van der Waals surface area contributed by atoms with Gasteiger partial charge in [0.1, 0.15) is 5.75 Å². The van der Waals surface area contributed by atoms with Crippen LogP contribution in [-0.2, 0) is 15.4 Å². The number of ether oxygens (including phenoxy) is 1. The van der Waals surface area contributed by atoms with Crippen LogP contribution in [0.2, 0.25) is 0 Å². The average Bonchev–Trinajstić information content (AvgIpc) is 3.21. The van der Waals surface area contributed by atoms with Gasteiger partial charge in [0, 0.05) is 23.9 Å². The van der Waals surface area contributed by atoms with E-state index in [1.54, 1.807) is 10.4 Å². The molecule has 27 heavy (non-hydrogen) atoms. The topological polar surface area (TPSA) is 46.6 Å². The summed E-state index contributed by atoms with van der Waals surface area (Å²) in [6, 6.07) is 15.7. The van der Waals surface area contributed by atoms with E-state index in [9.17, 15) is 8.42 Å². The van der Waals surface area contributed by atoms with Crippen LogP contribution in [0.4, 0.5) is 5.69 Å². The molecule has 0 bridgehead atoms. The average molecular weight is 381 g/mol. The third-order valence-electron chi connectivity index (χ3n) is 6.21. The molecular formula is C22H23NO3S. The molecule has 1 spiro atoms. The van der Waals surface area contributed by atoms with E-state index in [-0.39, 0.29) is 5.41 Å². The minimum absolute atomic E-state index is 0.0106. The number of para-hydroxylation sites is 2. The zero-order chi connectivity index (χ0) is 18.5. The Morgan fingerprint density at radius 2 is 1.70 bits per heavy atom. The third kappa shape index (κ3) is 2.59. The van der Waals surface area contributed by atoms with Crippen LogP contribution in [0.3, 0.4) is 0 Å². The highest BCUT2D eigenvalue weighted by molar-refractivity contribution is 7.96. The summed E-state index contributed by atoms with van der Waals surface area (Å²) in [6.45, 7) is 0.942. The summed E-state index contributed by atoms with van der Waals surface area (Å²) in [5.41, 5.74) is 2.89. The van der Waals surface area contributed by atoms with Gasteiger partial charge in [0.25, 0.3) is 10.0 Å². The van der Waals surface area contributed by atoms with Crippen molar-refractivity contribution >= 4 is 21.8 Å². The molecule has 140 valence electrons. The quantitative estimate of drug-likeness (QED) is 0.771. The fourth-order valence-corrected chi connectivity index (χ4v) is 6.60. The summed E-state index contributed by atoms with van der Waals surface area (Å²) < 4.78 is 34.7. The second kappa shape index (κ2) is 6.13. The van der Waals surface area contributed by atoms with Gasteiger partial charge in [-0.2, -0.15) is 0 Å². The Hall–Kier alpha value is -2.27. The van der Waals surface area contributed by atoms with Gasteiger partial charge in [0.15, 0.2) is 0 Å². The van der Waals surface area contributed by atoms with Crippen molar-refractivity contribution < 1.29 is 13.2 Å². The minimum Gasteiger partial charge on any atom is -0.493 e. The Bertz CT molecular complexity index is 1020. The normalized spacial score (nSPS) is 20.6. The number of anilines is 1. The van der Waals surface area contributed by atoms with Crippen molar-refractivity contribution in [3.05, 3.63) is 64.6 Å². The number of nitrogens with zero attached hydrogens (tertiary/aromatic N) is 1. The monoisotopic (exact) mass is 381 g/mol. The molecule has 2 aliphatic heterocycles. The van der Waals surface area contributed by atoms with Gasteiger partial charge in [-0.25, -0.2) is 8.42 Å². The van der Waals surface area contributed by atoms with E-state index in [2.05, 4.69) is 6.07 Å². The zero-order valence-corrected chi connectivity index (χ0v) is 16.0. The molecule has 2 heterocycles. The molecule has 0 amide bonds. The summed E-state index contributed by atoms with van der Waals surface area (Å²) in [7, 11) is -3.59. The maximum absolute atomic E-state index is 13.7. The molecule has 0 saturated heterocycles. The van der Waals surface area contributed by atoms with Gasteiger partial charge in [-0.15, -0.1) is 0 Å². The SMILES string of the molecule is O=S(=O)(C1=Cc2ccccc2OCC1)N1CC2(CCCC2)c2ccccc21. The van der Waals surface area contributed by atoms with Crippen LogP contribution in [-0.4, -0.2) is 21.6 Å². The number of hydrogen-bond acceptors (Lipinski definition) is 3. The Kier molecular flexibility index (Phi) is 3.83. The van der Waals surface area contributed by atoms with Crippen molar-refractivity contribution in [2.24, 2.45) is 0 Å². The Morgan fingerprint density at radius 1 is 0.963 bits per heavy atom. The van der Waals surface area contributed by atoms with Crippen LogP contribution < -0.4 is 9.04 Å². The number of sulfonamides is 1. The van der Waals surface area contributed by atoms with Gasteiger partial charge < -0.3 is 4.74 Å². The molecule has 1 saturated carbocycles. The van der Waals surface area contributed by atoms with E-state index in [1.807, 2.05) is 42.5 Å². The highest BCUT2D eigenvalue weighted by Gasteiger charge is 2.48. The van der Waals surface area contributed by atoms with Crippen LogP contribution in [0.5, 0.6) is 5.75 Å². The fourth-order valence-electron chi connectivity index (χ4n) is 4.86. The van der Waals surface area contributed by atoms with Crippen LogP contribution in [0, 0.1) is 0 Å². The largest absolute Gasteiger partial charge is 0.493 e. The maximum atomic E-state index is 13.7. The first-order chi connectivity index (χ1) is 13.1. The lowest BCUT2D eigenvalue weighted by Gasteiger charge is -2.26. The summed E-state index contributed by atoms with van der Waals surface area (Å²) >= 11 is 0. The van der Waals surface area contributed by atoms with Crippen molar-refractivity contribution in [3.63, 3.8) is 0 Å². The molecule has 0 aromatic heterocycles. The Morgan fingerprint density at radius 3 is 2.56 bits per heavy atom.